The molecule has 4 heterocycles. The van der Waals surface area contributed by atoms with Crippen molar-refractivity contribution in [3.05, 3.63) is 212 Å². The van der Waals surface area contributed by atoms with Crippen LogP contribution in [0, 0.1) is 0 Å². The summed E-state index contributed by atoms with van der Waals surface area (Å²) in [5.74, 6) is 0.656. The summed E-state index contributed by atoms with van der Waals surface area (Å²) < 4.78 is 4.56. The first-order valence-corrected chi connectivity index (χ1v) is 21.7. The molecule has 0 unspecified atom stereocenters. The Morgan fingerprint density at radius 1 is 0.406 bits per heavy atom. The minimum Gasteiger partial charge on any atom is -0.354 e. The number of nitrogens with zero attached hydrogens (tertiary/aromatic N) is 4. The Balaban J connectivity index is 0.943. The van der Waals surface area contributed by atoms with E-state index in [0.717, 1.165) is 82.9 Å². The van der Waals surface area contributed by atoms with E-state index >= 15 is 0 Å². The molecule has 64 heavy (non-hydrogen) atoms. The van der Waals surface area contributed by atoms with Gasteiger partial charge >= 0.3 is 0 Å². The maximum atomic E-state index is 5.29. The van der Waals surface area contributed by atoms with Gasteiger partial charge in [0.15, 0.2) is 0 Å². The van der Waals surface area contributed by atoms with Crippen LogP contribution in [0.3, 0.4) is 0 Å². The van der Waals surface area contributed by atoms with Crippen LogP contribution in [-0.2, 0) is 0 Å². The average Bonchev–Trinajstić information content (AvgIpc) is 4.16. The molecule has 0 spiro atoms. The number of hydrogen-bond acceptors (Lipinski definition) is 2. The Morgan fingerprint density at radius 3 is 1.72 bits per heavy atom. The zero-order valence-corrected chi connectivity index (χ0v) is 34.4. The number of benzene rings is 9. The molecule has 13 aromatic rings. The maximum absolute atomic E-state index is 5.29. The van der Waals surface area contributed by atoms with Crippen molar-refractivity contribution >= 4 is 92.8 Å². The second-order valence-corrected chi connectivity index (χ2v) is 16.8. The van der Waals surface area contributed by atoms with E-state index in [0.29, 0.717) is 5.95 Å². The average molecular weight is 814 g/mol. The third-order valence-electron chi connectivity index (χ3n) is 13.3. The molecule has 0 fully saturated rings. The van der Waals surface area contributed by atoms with Crippen LogP contribution in [0.1, 0.15) is 0 Å². The van der Waals surface area contributed by atoms with Crippen LogP contribution in [-0.4, -0.2) is 24.1 Å². The number of aromatic nitrogens is 5. The topological polar surface area (TPSA) is 51.4 Å². The molecular formula is C59H35N5. The third-order valence-corrected chi connectivity index (χ3v) is 13.3. The summed E-state index contributed by atoms with van der Waals surface area (Å²) in [6, 6.07) is 67.8. The zero-order valence-electron chi connectivity index (χ0n) is 34.4. The summed E-state index contributed by atoms with van der Waals surface area (Å²) in [6.07, 6.45) is 6.20. The monoisotopic (exact) mass is 813 g/mol. The van der Waals surface area contributed by atoms with E-state index in [-0.39, 0.29) is 0 Å². The lowest BCUT2D eigenvalue weighted by atomic mass is 9.98. The number of nitrogens with one attached hydrogen (secondary N) is 1. The van der Waals surface area contributed by atoms with Gasteiger partial charge in [-0.3, -0.25) is 4.57 Å². The largest absolute Gasteiger partial charge is 0.354 e. The summed E-state index contributed by atoms with van der Waals surface area (Å²) in [5.41, 5.74) is 18.8. The number of para-hydroxylation sites is 2. The first-order valence-electron chi connectivity index (χ1n) is 21.7. The second-order valence-electron chi connectivity index (χ2n) is 16.8. The predicted octanol–water partition coefficient (Wildman–Crippen LogP) is 15.2. The fourth-order valence-corrected chi connectivity index (χ4v) is 10.3. The highest BCUT2D eigenvalue weighted by molar-refractivity contribution is 6.21. The van der Waals surface area contributed by atoms with Gasteiger partial charge in [0.1, 0.15) is 0 Å². The molecule has 1 N–H and O–H groups in total. The second kappa shape index (κ2) is 13.4. The molecule has 5 heteroatoms. The van der Waals surface area contributed by atoms with E-state index in [1.807, 2.05) is 18.2 Å². The lowest BCUT2D eigenvalue weighted by Crippen LogP contribution is -2.03. The van der Waals surface area contributed by atoms with Gasteiger partial charge in [-0.1, -0.05) is 133 Å². The lowest BCUT2D eigenvalue weighted by molar-refractivity contribution is 1.01. The summed E-state index contributed by atoms with van der Waals surface area (Å²) >= 11 is 0. The third kappa shape index (κ3) is 5.13. The minimum atomic E-state index is 0.656. The van der Waals surface area contributed by atoms with Gasteiger partial charge in [-0.15, -0.1) is 0 Å². The summed E-state index contributed by atoms with van der Waals surface area (Å²) in [5, 5.41) is 10.8. The van der Waals surface area contributed by atoms with Crippen LogP contribution in [0.15, 0.2) is 212 Å². The van der Waals surface area contributed by atoms with E-state index in [2.05, 4.69) is 208 Å². The van der Waals surface area contributed by atoms with Crippen LogP contribution in [0.5, 0.6) is 0 Å². The summed E-state index contributed by atoms with van der Waals surface area (Å²) in [6.45, 7) is 0. The highest BCUT2D eigenvalue weighted by atomic mass is 15.2. The van der Waals surface area contributed by atoms with Crippen LogP contribution in [0.2, 0.25) is 0 Å². The van der Waals surface area contributed by atoms with Gasteiger partial charge in [0, 0.05) is 54.3 Å². The van der Waals surface area contributed by atoms with Gasteiger partial charge in [0.25, 0.3) is 0 Å². The fourth-order valence-electron chi connectivity index (χ4n) is 10.3. The molecule has 0 radical (unpaired) electrons. The number of allylic oxidation sites excluding steroid dienone is 3. The standard InChI is InChI=1S/C59H35N5/c1-2-13-37(14-3-1)58-45-19-8-10-20-50(45)61-59(62-58)64-53-21-11-9-18-44(53)46-32-39(26-31-56(46)64)41-25-30-55-48(34-41)47-33-40(24-29-54(47)63(55)42-15-5-6-16-42)38-23-27-51-49(35-38)57-43-17-7-4-12-36(43)22-28-52(57)60-51/h1-15,17-35,60H. The number of fused-ring (bicyclic) bond motifs is 12. The van der Waals surface area contributed by atoms with Gasteiger partial charge in [0.2, 0.25) is 5.95 Å². The van der Waals surface area contributed by atoms with Crippen molar-refractivity contribution in [2.24, 2.45) is 0 Å². The quantitative estimate of drug-likeness (QED) is 0.176. The highest BCUT2D eigenvalue weighted by Crippen LogP contribution is 2.41. The van der Waals surface area contributed by atoms with Gasteiger partial charge < -0.3 is 9.55 Å². The molecule has 0 saturated heterocycles. The van der Waals surface area contributed by atoms with Crippen molar-refractivity contribution in [1.82, 2.24) is 24.1 Å². The van der Waals surface area contributed by atoms with Crippen molar-refractivity contribution < 1.29 is 0 Å². The van der Waals surface area contributed by atoms with Crippen molar-refractivity contribution in [1.29, 1.82) is 0 Å². The van der Waals surface area contributed by atoms with Gasteiger partial charge in [-0.05, 0) is 112 Å². The molecule has 0 aliphatic heterocycles. The minimum absolute atomic E-state index is 0.656. The summed E-state index contributed by atoms with van der Waals surface area (Å²) in [4.78, 5) is 14.1. The van der Waals surface area contributed by atoms with Crippen LogP contribution in [0.25, 0.3) is 132 Å². The van der Waals surface area contributed by atoms with E-state index in [4.69, 9.17) is 9.97 Å². The molecule has 4 aromatic heterocycles. The molecule has 0 amide bonds. The molecule has 9 aromatic carbocycles. The van der Waals surface area contributed by atoms with E-state index in [9.17, 15) is 0 Å². The van der Waals surface area contributed by atoms with Crippen molar-refractivity contribution in [3.8, 4) is 39.5 Å². The Morgan fingerprint density at radius 2 is 0.984 bits per heavy atom. The van der Waals surface area contributed by atoms with Crippen molar-refractivity contribution in [2.45, 2.75) is 0 Å². The number of hydrogen-bond donors (Lipinski definition) is 1. The molecule has 14 rings (SSSR count). The van der Waals surface area contributed by atoms with E-state index in [1.165, 1.54) is 43.4 Å². The zero-order chi connectivity index (χ0) is 41.9. The lowest BCUT2D eigenvalue weighted by Gasteiger charge is -2.12. The van der Waals surface area contributed by atoms with Gasteiger partial charge in [-0.25, -0.2) is 9.97 Å². The van der Waals surface area contributed by atoms with Crippen LogP contribution < -0.4 is 0 Å². The molecular weight excluding hydrogens is 779 g/mol. The fraction of sp³-hybridized carbons (Fsp3) is 0. The highest BCUT2D eigenvalue weighted by Gasteiger charge is 2.20. The molecule has 296 valence electrons. The number of H-pyrrole nitrogens is 1. The maximum Gasteiger partial charge on any atom is 0.235 e. The SMILES string of the molecule is C1=CC=CC=1n1c2ccc(-c3ccc4[nH]c5ccc6ccccc6c5c4c3)cc2c2cc(-c3ccc4c(c3)c3ccccc3n4-c3nc(-c4ccccc4)c4ccccc4n3)ccc21. The van der Waals surface area contributed by atoms with Gasteiger partial charge in [0.05, 0.1) is 39.0 Å². The normalized spacial score (nSPS) is 12.7. The molecule has 1 aliphatic rings. The first kappa shape index (κ1) is 34.9. The number of aromatic amines is 1. The van der Waals surface area contributed by atoms with E-state index < -0.39 is 0 Å². The Bertz CT molecular complexity index is 4230. The number of rotatable bonds is 5. The molecule has 0 atom stereocenters. The molecule has 1 aliphatic carbocycles. The Hall–Kier alpha value is -8.76. The Kier molecular flexibility index (Phi) is 7.29. The molecule has 0 saturated carbocycles. The summed E-state index contributed by atoms with van der Waals surface area (Å²) in [7, 11) is 0. The molecule has 5 nitrogen and oxygen atoms in total. The van der Waals surface area contributed by atoms with Gasteiger partial charge in [-0.2, -0.15) is 0 Å². The van der Waals surface area contributed by atoms with Crippen LogP contribution >= 0.6 is 0 Å². The first-order chi connectivity index (χ1) is 31.7. The Labute approximate surface area is 366 Å². The molecule has 0 bridgehead atoms. The van der Waals surface area contributed by atoms with Crippen molar-refractivity contribution in [2.75, 3.05) is 0 Å². The van der Waals surface area contributed by atoms with Crippen LogP contribution in [0.4, 0.5) is 0 Å². The van der Waals surface area contributed by atoms with Crippen molar-refractivity contribution in [3.63, 3.8) is 0 Å². The smallest absolute Gasteiger partial charge is 0.235 e. The predicted molar refractivity (Wildman–Crippen MR) is 267 cm³/mol. The van der Waals surface area contributed by atoms with E-state index in [1.54, 1.807) is 0 Å².